The summed E-state index contributed by atoms with van der Waals surface area (Å²) in [4.78, 5) is 11.0. The van der Waals surface area contributed by atoms with Crippen molar-refractivity contribution in [2.75, 3.05) is 0 Å². The molecular weight excluding hydrogens is 200 g/mol. The summed E-state index contributed by atoms with van der Waals surface area (Å²) in [7, 11) is -4.13. The molecule has 1 rings (SSSR count). The van der Waals surface area contributed by atoms with Crippen LogP contribution in [-0.4, -0.2) is 25.3 Å². The Morgan fingerprint density at radius 1 is 1.46 bits per heavy atom. The van der Waals surface area contributed by atoms with Gasteiger partial charge in [-0.25, -0.2) is 0 Å². The Kier molecular flexibility index (Phi) is 2.71. The highest BCUT2D eigenvalue weighted by atomic mass is 32.3. The summed E-state index contributed by atoms with van der Waals surface area (Å²) in [6.45, 7) is 1.86. The molecule has 0 aromatic heterocycles. The van der Waals surface area contributed by atoms with Gasteiger partial charge in [-0.05, 0) is 6.42 Å². The summed E-state index contributed by atoms with van der Waals surface area (Å²) in [5, 5.41) is 9.07. The van der Waals surface area contributed by atoms with Crippen molar-refractivity contribution >= 4 is 16.2 Å². The van der Waals surface area contributed by atoms with E-state index in [9.17, 15) is 13.2 Å². The molecule has 0 atom stereocenters. The molecule has 0 radical (unpaired) electrons. The third kappa shape index (κ3) is 2.25. The van der Waals surface area contributed by atoms with E-state index in [1.807, 2.05) is 6.92 Å². The molecule has 1 aliphatic heterocycles. The smallest absolute Gasteiger partial charge is 0.335 e. The van der Waals surface area contributed by atoms with Crippen molar-refractivity contribution in [3.8, 4) is 0 Å². The minimum absolute atomic E-state index is 0.0303. The lowest BCUT2D eigenvalue weighted by Crippen LogP contribution is -2.56. The average Bonchev–Trinajstić information content (AvgIpc) is 1.96. The molecule has 1 heterocycles. The summed E-state index contributed by atoms with van der Waals surface area (Å²) >= 11 is 0. The predicted octanol–water partition coefficient (Wildman–Crippen LogP) is -0.317. The van der Waals surface area contributed by atoms with E-state index in [4.69, 9.17) is 5.11 Å². The van der Waals surface area contributed by atoms with Crippen LogP contribution < -0.4 is 0 Å². The molecule has 76 valence electrons. The standard InChI is InChI=1S/C6H10O6S/c1-2-3-4-5(7)6(8)11-13(9,10)12-6/h8H,2-4H2,1H3. The van der Waals surface area contributed by atoms with Crippen molar-refractivity contribution < 1.29 is 26.7 Å². The van der Waals surface area contributed by atoms with Gasteiger partial charge < -0.3 is 5.11 Å². The first-order chi connectivity index (χ1) is 5.90. The topological polar surface area (TPSA) is 89.9 Å². The van der Waals surface area contributed by atoms with E-state index in [0.717, 1.165) is 6.42 Å². The number of carbonyl (C=O) groups is 1. The summed E-state index contributed by atoms with van der Waals surface area (Å²) in [6.07, 6.45) is 1.34. The molecule has 6 nitrogen and oxygen atoms in total. The zero-order chi connectivity index (χ0) is 10.1. The first-order valence-electron chi connectivity index (χ1n) is 3.81. The summed E-state index contributed by atoms with van der Waals surface area (Å²) in [6, 6.07) is 0. The monoisotopic (exact) mass is 210 g/mol. The van der Waals surface area contributed by atoms with Crippen LogP contribution in [0.4, 0.5) is 0 Å². The zero-order valence-electron chi connectivity index (χ0n) is 7.02. The molecule has 0 amide bonds. The second kappa shape index (κ2) is 3.33. The Labute approximate surface area is 75.8 Å². The fourth-order valence-electron chi connectivity index (χ4n) is 0.871. The molecule has 0 aromatic carbocycles. The molecule has 0 bridgehead atoms. The number of unbranched alkanes of at least 4 members (excludes halogenated alkanes) is 1. The summed E-state index contributed by atoms with van der Waals surface area (Å²) < 4.78 is 28.5. The maximum atomic E-state index is 11.0. The number of Topliss-reactive ketones (excluding diaryl/α,β-unsaturated/α-hetero) is 1. The van der Waals surface area contributed by atoms with Gasteiger partial charge in [-0.3, -0.25) is 4.79 Å². The lowest BCUT2D eigenvalue weighted by molar-refractivity contribution is -0.300. The van der Waals surface area contributed by atoms with Crippen LogP contribution in [0.5, 0.6) is 0 Å². The van der Waals surface area contributed by atoms with Crippen molar-refractivity contribution in [1.82, 2.24) is 0 Å². The molecule has 1 N–H and O–H groups in total. The average molecular weight is 210 g/mol. The van der Waals surface area contributed by atoms with Crippen LogP contribution >= 0.6 is 0 Å². The van der Waals surface area contributed by atoms with Crippen molar-refractivity contribution in [2.24, 2.45) is 0 Å². The summed E-state index contributed by atoms with van der Waals surface area (Å²) in [5.74, 6) is -3.34. The van der Waals surface area contributed by atoms with E-state index in [1.165, 1.54) is 0 Å². The van der Waals surface area contributed by atoms with Crippen LogP contribution in [0.2, 0.25) is 0 Å². The van der Waals surface area contributed by atoms with E-state index in [2.05, 4.69) is 8.37 Å². The lowest BCUT2D eigenvalue weighted by atomic mass is 10.1. The van der Waals surface area contributed by atoms with Gasteiger partial charge in [0.05, 0.1) is 0 Å². The highest BCUT2D eigenvalue weighted by molar-refractivity contribution is 7.82. The maximum absolute atomic E-state index is 11.0. The van der Waals surface area contributed by atoms with E-state index >= 15 is 0 Å². The van der Waals surface area contributed by atoms with Gasteiger partial charge >= 0.3 is 16.4 Å². The van der Waals surface area contributed by atoms with Gasteiger partial charge in [0.1, 0.15) is 0 Å². The van der Waals surface area contributed by atoms with Gasteiger partial charge in [-0.2, -0.15) is 16.8 Å². The van der Waals surface area contributed by atoms with Crippen molar-refractivity contribution in [3.63, 3.8) is 0 Å². The Bertz CT molecular complexity index is 293. The fourth-order valence-corrected chi connectivity index (χ4v) is 1.62. The molecule has 0 unspecified atom stereocenters. The van der Waals surface area contributed by atoms with Crippen LogP contribution in [-0.2, 0) is 23.6 Å². The van der Waals surface area contributed by atoms with Gasteiger partial charge in [-0.15, -0.1) is 0 Å². The first kappa shape index (κ1) is 10.6. The Morgan fingerprint density at radius 3 is 2.38 bits per heavy atom. The Morgan fingerprint density at radius 2 is 2.00 bits per heavy atom. The number of hydrogen-bond acceptors (Lipinski definition) is 6. The van der Waals surface area contributed by atoms with Gasteiger partial charge in [0.15, 0.2) is 0 Å². The normalized spacial score (nSPS) is 23.5. The van der Waals surface area contributed by atoms with Crippen LogP contribution in [0.15, 0.2) is 0 Å². The largest absolute Gasteiger partial charge is 0.409 e. The van der Waals surface area contributed by atoms with Crippen molar-refractivity contribution in [3.05, 3.63) is 0 Å². The molecule has 13 heavy (non-hydrogen) atoms. The van der Waals surface area contributed by atoms with E-state index in [1.54, 1.807) is 0 Å². The third-order valence-electron chi connectivity index (χ3n) is 1.54. The van der Waals surface area contributed by atoms with E-state index in [0.29, 0.717) is 6.42 Å². The fraction of sp³-hybridized carbons (Fsp3) is 0.833. The molecule has 7 heteroatoms. The van der Waals surface area contributed by atoms with Gasteiger partial charge in [-0.1, -0.05) is 13.3 Å². The number of rotatable bonds is 4. The van der Waals surface area contributed by atoms with Crippen LogP contribution in [0.1, 0.15) is 26.2 Å². The van der Waals surface area contributed by atoms with E-state index < -0.39 is 22.2 Å². The van der Waals surface area contributed by atoms with Crippen LogP contribution in [0, 0.1) is 0 Å². The minimum atomic E-state index is -4.13. The number of aliphatic hydroxyl groups is 1. The molecule has 1 fully saturated rings. The number of hydrogen-bond donors (Lipinski definition) is 1. The second-order valence-corrected chi connectivity index (χ2v) is 3.83. The highest BCUT2D eigenvalue weighted by Gasteiger charge is 2.56. The van der Waals surface area contributed by atoms with Gasteiger partial charge in [0, 0.05) is 6.42 Å². The Balaban J connectivity index is 2.50. The lowest BCUT2D eigenvalue weighted by Gasteiger charge is -2.31. The van der Waals surface area contributed by atoms with Crippen LogP contribution in [0.25, 0.3) is 0 Å². The highest BCUT2D eigenvalue weighted by Crippen LogP contribution is 2.30. The SMILES string of the molecule is CCCCC(=O)C1(O)OS(=O)(=O)O1. The number of carbonyl (C=O) groups excluding carboxylic acids is 1. The third-order valence-corrected chi connectivity index (χ3v) is 2.40. The maximum Gasteiger partial charge on any atom is 0.409 e. The van der Waals surface area contributed by atoms with Gasteiger partial charge in [0.25, 0.3) is 0 Å². The molecule has 0 saturated carbocycles. The quantitative estimate of drug-likeness (QED) is 0.684. The molecular formula is C6H10O6S. The minimum Gasteiger partial charge on any atom is -0.335 e. The predicted molar refractivity (Wildman–Crippen MR) is 40.6 cm³/mol. The molecule has 1 aliphatic rings. The van der Waals surface area contributed by atoms with Crippen molar-refractivity contribution in [2.45, 2.75) is 32.2 Å². The zero-order valence-corrected chi connectivity index (χ0v) is 7.83. The number of ketones is 1. The summed E-state index contributed by atoms with van der Waals surface area (Å²) in [5.41, 5.74) is 0. The molecule has 0 aliphatic carbocycles. The molecule has 0 aromatic rings. The second-order valence-electron chi connectivity index (χ2n) is 2.68. The van der Waals surface area contributed by atoms with Crippen molar-refractivity contribution in [1.29, 1.82) is 0 Å². The first-order valence-corrected chi connectivity index (χ1v) is 5.15. The van der Waals surface area contributed by atoms with Crippen LogP contribution in [0.3, 0.4) is 0 Å². The molecule has 1 saturated heterocycles. The Hall–Kier alpha value is -0.500. The van der Waals surface area contributed by atoms with Gasteiger partial charge in [0.2, 0.25) is 5.78 Å². The molecule has 0 spiro atoms. The van der Waals surface area contributed by atoms with E-state index in [-0.39, 0.29) is 6.42 Å².